The predicted octanol–water partition coefficient (Wildman–Crippen LogP) is 7.25. The molecule has 2 N–H and O–H groups in total. The first-order valence-corrected chi connectivity index (χ1v) is 13.3. The number of imidazole rings is 1. The molecule has 2 heterocycles. The number of hydrogen-bond acceptors (Lipinski definition) is 4. The van der Waals surface area contributed by atoms with Crippen LogP contribution in [0.5, 0.6) is 5.75 Å². The average molecular weight is 604 g/mol. The molecule has 3 aromatic carbocycles. The summed E-state index contributed by atoms with van der Waals surface area (Å²) in [5.74, 6) is 2.12. The Labute approximate surface area is 257 Å². The third-order valence-electron chi connectivity index (χ3n) is 7.79. The smallest absolute Gasteiger partial charge is 0.119 e. The first kappa shape index (κ1) is 33.7. The Morgan fingerprint density at radius 1 is 0.825 bits per heavy atom. The molecule has 1 aromatic heterocycles. The van der Waals surface area contributed by atoms with Crippen LogP contribution in [0.25, 0.3) is 11.3 Å². The minimum Gasteiger partial charge on any atom is -0.497 e. The van der Waals surface area contributed by atoms with Crippen LogP contribution < -0.4 is 10.1 Å². The third-order valence-corrected chi connectivity index (χ3v) is 7.79. The lowest BCUT2D eigenvalue weighted by atomic mass is 9.65. The molecule has 216 valence electrons. The van der Waals surface area contributed by atoms with Crippen molar-refractivity contribution in [1.82, 2.24) is 20.2 Å². The highest BCUT2D eigenvalue weighted by Crippen LogP contribution is 2.52. The van der Waals surface area contributed by atoms with Gasteiger partial charge in [0, 0.05) is 37.7 Å². The van der Waals surface area contributed by atoms with E-state index in [1.165, 1.54) is 11.1 Å². The molecule has 1 saturated heterocycles. The standard InChI is InChI=1S/C32H38N4O.3ClH/c1-23(2)32(36-20-18-33-19-21-36,29(25-12-7-5-8-13-25)26-14-9-6-10-15-26)31-30(34-24(3)35-31)27-16-11-17-28(22-27)37-4;;;/h5-17,22-23,29,33H,18-21H2,1-4H3,(H,34,35);3*1H. The summed E-state index contributed by atoms with van der Waals surface area (Å²) in [5, 5.41) is 3.58. The van der Waals surface area contributed by atoms with Crippen molar-refractivity contribution in [3.8, 4) is 17.0 Å². The number of aromatic amines is 1. The van der Waals surface area contributed by atoms with Crippen molar-refractivity contribution in [3.63, 3.8) is 0 Å². The quantitative estimate of drug-likeness (QED) is 0.223. The van der Waals surface area contributed by atoms with Gasteiger partial charge in [-0.15, -0.1) is 37.2 Å². The summed E-state index contributed by atoms with van der Waals surface area (Å²) >= 11 is 0. The third kappa shape index (κ3) is 6.35. The van der Waals surface area contributed by atoms with Gasteiger partial charge in [0.15, 0.2) is 0 Å². The number of methoxy groups -OCH3 is 1. The summed E-state index contributed by atoms with van der Waals surface area (Å²) in [7, 11) is 1.72. The van der Waals surface area contributed by atoms with Gasteiger partial charge in [-0.05, 0) is 36.1 Å². The number of hydrogen-bond donors (Lipinski definition) is 2. The van der Waals surface area contributed by atoms with Crippen molar-refractivity contribution in [2.24, 2.45) is 5.92 Å². The van der Waals surface area contributed by atoms with E-state index in [0.717, 1.165) is 54.7 Å². The minimum atomic E-state index is -0.395. The average Bonchev–Trinajstić information content (AvgIpc) is 3.34. The van der Waals surface area contributed by atoms with Gasteiger partial charge in [0.2, 0.25) is 0 Å². The highest BCUT2D eigenvalue weighted by molar-refractivity contribution is 5.86. The Morgan fingerprint density at radius 3 is 1.93 bits per heavy atom. The number of nitrogens with zero attached hydrogens (tertiary/aromatic N) is 2. The molecule has 5 rings (SSSR count). The number of aryl methyl sites for hydroxylation is 1. The number of nitrogens with one attached hydrogen (secondary N) is 2. The molecular weight excluding hydrogens is 563 g/mol. The topological polar surface area (TPSA) is 53.2 Å². The van der Waals surface area contributed by atoms with Crippen molar-refractivity contribution in [3.05, 3.63) is 108 Å². The second kappa shape index (κ2) is 14.9. The maximum atomic E-state index is 5.61. The minimum absolute atomic E-state index is 0. The van der Waals surface area contributed by atoms with Gasteiger partial charge in [0.1, 0.15) is 11.6 Å². The van der Waals surface area contributed by atoms with Crippen LogP contribution in [0, 0.1) is 12.8 Å². The molecule has 0 saturated carbocycles. The fourth-order valence-corrected chi connectivity index (χ4v) is 6.24. The van der Waals surface area contributed by atoms with Crippen LogP contribution in [0.4, 0.5) is 0 Å². The zero-order valence-electron chi connectivity index (χ0n) is 23.6. The summed E-state index contributed by atoms with van der Waals surface area (Å²) in [6.07, 6.45) is 0. The van der Waals surface area contributed by atoms with Crippen molar-refractivity contribution >= 4 is 37.2 Å². The molecule has 1 aliphatic heterocycles. The van der Waals surface area contributed by atoms with Crippen molar-refractivity contribution in [2.45, 2.75) is 32.2 Å². The maximum Gasteiger partial charge on any atom is 0.119 e. The van der Waals surface area contributed by atoms with E-state index >= 15 is 0 Å². The van der Waals surface area contributed by atoms with Crippen LogP contribution in [-0.2, 0) is 5.54 Å². The Kier molecular flexibility index (Phi) is 12.5. The van der Waals surface area contributed by atoms with Crippen LogP contribution in [0.15, 0.2) is 84.9 Å². The molecule has 0 radical (unpaired) electrons. The van der Waals surface area contributed by atoms with E-state index in [2.05, 4.69) is 115 Å². The second-order valence-corrected chi connectivity index (χ2v) is 10.2. The van der Waals surface area contributed by atoms with Crippen LogP contribution in [0.2, 0.25) is 0 Å². The van der Waals surface area contributed by atoms with E-state index < -0.39 is 5.54 Å². The van der Waals surface area contributed by atoms with Gasteiger partial charge in [-0.3, -0.25) is 4.90 Å². The fraction of sp³-hybridized carbons (Fsp3) is 0.344. The molecule has 0 spiro atoms. The second-order valence-electron chi connectivity index (χ2n) is 10.2. The Morgan fingerprint density at radius 2 is 1.40 bits per heavy atom. The Balaban J connectivity index is 0.00000187. The summed E-state index contributed by atoms with van der Waals surface area (Å²) in [4.78, 5) is 11.7. The summed E-state index contributed by atoms with van der Waals surface area (Å²) in [6, 6.07) is 30.3. The number of H-pyrrole nitrogens is 1. The first-order valence-electron chi connectivity index (χ1n) is 13.3. The van der Waals surface area contributed by atoms with E-state index in [1.807, 2.05) is 6.07 Å². The van der Waals surface area contributed by atoms with Gasteiger partial charge in [0.25, 0.3) is 0 Å². The molecule has 0 amide bonds. The summed E-state index contributed by atoms with van der Waals surface area (Å²) < 4.78 is 5.61. The zero-order chi connectivity index (χ0) is 25.8. The Hall–Kier alpha value is -2.54. The molecular formula is C32H41Cl3N4O. The van der Waals surface area contributed by atoms with Crippen LogP contribution in [0.1, 0.15) is 42.4 Å². The summed E-state index contributed by atoms with van der Waals surface area (Å²) in [5.41, 5.74) is 5.48. The van der Waals surface area contributed by atoms with Crippen molar-refractivity contribution < 1.29 is 4.74 Å². The fourth-order valence-electron chi connectivity index (χ4n) is 6.24. The number of aromatic nitrogens is 2. The molecule has 4 aromatic rings. The van der Waals surface area contributed by atoms with E-state index in [0.29, 0.717) is 0 Å². The Bertz CT molecular complexity index is 1270. The van der Waals surface area contributed by atoms with E-state index in [9.17, 15) is 0 Å². The number of ether oxygens (including phenoxy) is 1. The van der Waals surface area contributed by atoms with Gasteiger partial charge in [-0.2, -0.15) is 0 Å². The normalized spacial score (nSPS) is 14.9. The van der Waals surface area contributed by atoms with Crippen LogP contribution in [-0.4, -0.2) is 48.2 Å². The monoisotopic (exact) mass is 602 g/mol. The van der Waals surface area contributed by atoms with Gasteiger partial charge >= 0.3 is 0 Å². The molecule has 1 unspecified atom stereocenters. The van der Waals surface area contributed by atoms with Gasteiger partial charge in [-0.25, -0.2) is 4.98 Å². The molecule has 0 bridgehead atoms. The molecule has 0 aliphatic carbocycles. The lowest BCUT2D eigenvalue weighted by Crippen LogP contribution is -2.60. The van der Waals surface area contributed by atoms with E-state index in [4.69, 9.17) is 9.72 Å². The molecule has 40 heavy (non-hydrogen) atoms. The van der Waals surface area contributed by atoms with Crippen molar-refractivity contribution in [2.75, 3.05) is 33.3 Å². The summed E-state index contributed by atoms with van der Waals surface area (Å²) in [6.45, 7) is 10.6. The van der Waals surface area contributed by atoms with Crippen LogP contribution >= 0.6 is 37.2 Å². The largest absolute Gasteiger partial charge is 0.497 e. The van der Waals surface area contributed by atoms with E-state index in [-0.39, 0.29) is 49.1 Å². The number of halogens is 3. The van der Waals surface area contributed by atoms with E-state index in [1.54, 1.807) is 7.11 Å². The van der Waals surface area contributed by atoms with Gasteiger partial charge < -0.3 is 15.0 Å². The number of rotatable bonds is 8. The zero-order valence-corrected chi connectivity index (χ0v) is 26.0. The highest BCUT2D eigenvalue weighted by atomic mass is 35.5. The predicted molar refractivity (Wildman–Crippen MR) is 173 cm³/mol. The number of piperazine rings is 1. The molecule has 8 heteroatoms. The molecule has 1 fully saturated rings. The highest BCUT2D eigenvalue weighted by Gasteiger charge is 2.52. The SMILES string of the molecule is COc1cccc(-c2[nH]c(C)nc2C(C(C)C)(C(c2ccccc2)c2ccccc2)N2CCNCC2)c1.Cl.Cl.Cl. The van der Waals surface area contributed by atoms with Crippen molar-refractivity contribution in [1.29, 1.82) is 0 Å². The number of benzene rings is 3. The molecule has 1 atom stereocenters. The molecule has 1 aliphatic rings. The lowest BCUT2D eigenvalue weighted by Gasteiger charge is -2.53. The lowest BCUT2D eigenvalue weighted by molar-refractivity contribution is 0.0117. The van der Waals surface area contributed by atoms with Gasteiger partial charge in [-0.1, -0.05) is 86.6 Å². The van der Waals surface area contributed by atoms with Gasteiger partial charge in [0.05, 0.1) is 24.0 Å². The van der Waals surface area contributed by atoms with Crippen LogP contribution in [0.3, 0.4) is 0 Å². The maximum absolute atomic E-state index is 5.61. The first-order chi connectivity index (χ1) is 18.1. The molecule has 5 nitrogen and oxygen atoms in total.